The van der Waals surface area contributed by atoms with Gasteiger partial charge in [0.05, 0.1) is 10.9 Å². The van der Waals surface area contributed by atoms with Crippen LogP contribution in [0.3, 0.4) is 0 Å². The van der Waals surface area contributed by atoms with E-state index in [-0.39, 0.29) is 5.56 Å². The molecule has 3 rings (SSSR count). The van der Waals surface area contributed by atoms with Gasteiger partial charge in [0, 0.05) is 18.5 Å². The minimum atomic E-state index is -1.11. The second-order valence-electron chi connectivity index (χ2n) is 6.06. The summed E-state index contributed by atoms with van der Waals surface area (Å²) in [5.41, 5.74) is 0.688. The molecule has 0 aliphatic carbocycles. The predicted molar refractivity (Wildman–Crippen MR) is 88.1 cm³/mol. The molecule has 1 amide bonds. The van der Waals surface area contributed by atoms with Crippen molar-refractivity contribution in [2.75, 3.05) is 0 Å². The molecule has 0 spiro atoms. The molecule has 24 heavy (non-hydrogen) atoms. The van der Waals surface area contributed by atoms with Gasteiger partial charge in [0.15, 0.2) is 0 Å². The van der Waals surface area contributed by atoms with Gasteiger partial charge in [-0.2, -0.15) is 0 Å². The highest BCUT2D eigenvalue weighted by Crippen LogP contribution is 2.16. The van der Waals surface area contributed by atoms with E-state index in [4.69, 9.17) is 5.11 Å². The van der Waals surface area contributed by atoms with Crippen molar-refractivity contribution >= 4 is 22.8 Å². The molecule has 7 heteroatoms. The number of aryl methyl sites for hydroxylation is 1. The Kier molecular flexibility index (Phi) is 4.33. The van der Waals surface area contributed by atoms with Crippen molar-refractivity contribution in [1.29, 1.82) is 0 Å². The molecule has 126 valence electrons. The summed E-state index contributed by atoms with van der Waals surface area (Å²) in [7, 11) is 0. The van der Waals surface area contributed by atoms with E-state index >= 15 is 0 Å². The van der Waals surface area contributed by atoms with Crippen LogP contribution in [0.5, 0.6) is 0 Å². The number of carboxylic acids is 1. The molecule has 1 aromatic carbocycles. The van der Waals surface area contributed by atoms with Crippen LogP contribution in [0.4, 0.5) is 0 Å². The first-order valence-corrected chi connectivity index (χ1v) is 8.04. The highest BCUT2D eigenvalue weighted by Gasteiger charge is 2.18. The quantitative estimate of drug-likeness (QED) is 0.884. The SMILES string of the molecule is CC(NC(=O)c1ccc2c(=O)n3c(nc2c1)CCCCC3)C(=O)O. The summed E-state index contributed by atoms with van der Waals surface area (Å²) in [6, 6.07) is 3.67. The lowest BCUT2D eigenvalue weighted by atomic mass is 10.1. The van der Waals surface area contributed by atoms with E-state index in [1.165, 1.54) is 13.0 Å². The van der Waals surface area contributed by atoms with Gasteiger partial charge in [-0.05, 0) is 38.0 Å². The van der Waals surface area contributed by atoms with E-state index in [0.29, 0.717) is 23.0 Å². The molecule has 1 aliphatic rings. The summed E-state index contributed by atoms with van der Waals surface area (Å²) in [4.78, 5) is 40.2. The number of hydrogen-bond donors (Lipinski definition) is 2. The van der Waals surface area contributed by atoms with Crippen molar-refractivity contribution in [2.45, 2.75) is 45.2 Å². The standard InChI is InChI=1S/C17H19N3O4/c1-10(17(23)24)18-15(21)11-6-7-12-13(9-11)19-14-5-3-2-4-8-20(14)16(12)22/h6-7,9-10H,2-5,8H2,1H3,(H,18,21)(H,23,24). The number of nitrogens with zero attached hydrogens (tertiary/aromatic N) is 2. The van der Waals surface area contributed by atoms with Gasteiger partial charge in [0.1, 0.15) is 11.9 Å². The topological polar surface area (TPSA) is 101 Å². The average molecular weight is 329 g/mol. The van der Waals surface area contributed by atoms with E-state index < -0.39 is 17.9 Å². The zero-order chi connectivity index (χ0) is 17.3. The number of carbonyl (C=O) groups is 2. The van der Waals surface area contributed by atoms with Gasteiger partial charge in [-0.15, -0.1) is 0 Å². The van der Waals surface area contributed by atoms with E-state index in [9.17, 15) is 14.4 Å². The van der Waals surface area contributed by atoms with Gasteiger partial charge >= 0.3 is 5.97 Å². The molecule has 2 heterocycles. The molecular weight excluding hydrogens is 310 g/mol. The van der Waals surface area contributed by atoms with Gasteiger partial charge in [0.2, 0.25) is 0 Å². The lowest BCUT2D eigenvalue weighted by Crippen LogP contribution is -2.38. The molecule has 0 radical (unpaired) electrons. The lowest BCUT2D eigenvalue weighted by Gasteiger charge is -2.12. The second kappa shape index (κ2) is 6.43. The molecule has 0 bridgehead atoms. The summed E-state index contributed by atoms with van der Waals surface area (Å²) in [5, 5.41) is 11.7. The first-order chi connectivity index (χ1) is 11.5. The van der Waals surface area contributed by atoms with E-state index in [1.807, 2.05) is 0 Å². The van der Waals surface area contributed by atoms with Gasteiger partial charge in [0.25, 0.3) is 11.5 Å². The Morgan fingerprint density at radius 3 is 2.83 bits per heavy atom. The van der Waals surface area contributed by atoms with Crippen LogP contribution in [0, 0.1) is 0 Å². The monoisotopic (exact) mass is 329 g/mol. The summed E-state index contributed by atoms with van der Waals surface area (Å²) in [6.45, 7) is 2.07. The molecule has 7 nitrogen and oxygen atoms in total. The third-order valence-corrected chi connectivity index (χ3v) is 4.30. The van der Waals surface area contributed by atoms with Crippen molar-refractivity contribution in [3.8, 4) is 0 Å². The minimum Gasteiger partial charge on any atom is -0.480 e. The average Bonchev–Trinajstić information content (AvgIpc) is 2.80. The Hall–Kier alpha value is -2.70. The molecule has 2 N–H and O–H groups in total. The normalized spacial score (nSPS) is 15.4. The Labute approximate surface area is 138 Å². The largest absolute Gasteiger partial charge is 0.480 e. The molecule has 1 aliphatic heterocycles. The number of carboxylic acid groups (broad SMARTS) is 1. The number of aliphatic carboxylic acids is 1. The highest BCUT2D eigenvalue weighted by atomic mass is 16.4. The van der Waals surface area contributed by atoms with Crippen LogP contribution in [0.1, 0.15) is 42.4 Å². The predicted octanol–water partition coefficient (Wildman–Crippen LogP) is 1.33. The smallest absolute Gasteiger partial charge is 0.325 e. The molecule has 1 aromatic heterocycles. The van der Waals surface area contributed by atoms with Gasteiger partial charge in [-0.3, -0.25) is 19.0 Å². The van der Waals surface area contributed by atoms with Crippen molar-refractivity contribution in [3.63, 3.8) is 0 Å². The molecule has 2 aromatic rings. The van der Waals surface area contributed by atoms with Crippen LogP contribution in [-0.2, 0) is 17.8 Å². The van der Waals surface area contributed by atoms with Crippen LogP contribution in [0.25, 0.3) is 10.9 Å². The number of nitrogens with one attached hydrogen (secondary N) is 1. The second-order valence-corrected chi connectivity index (χ2v) is 6.06. The van der Waals surface area contributed by atoms with Gasteiger partial charge < -0.3 is 10.4 Å². The number of fused-ring (bicyclic) bond motifs is 2. The molecular formula is C17H19N3O4. The number of rotatable bonds is 3. The van der Waals surface area contributed by atoms with Crippen LogP contribution in [0.2, 0.25) is 0 Å². The van der Waals surface area contributed by atoms with Crippen LogP contribution in [0.15, 0.2) is 23.0 Å². The molecule has 0 fully saturated rings. The molecule has 0 saturated carbocycles. The Bertz CT molecular complexity index is 872. The zero-order valence-corrected chi connectivity index (χ0v) is 13.4. The van der Waals surface area contributed by atoms with Gasteiger partial charge in [-0.1, -0.05) is 6.42 Å². The number of benzene rings is 1. The van der Waals surface area contributed by atoms with Crippen molar-refractivity contribution in [1.82, 2.24) is 14.9 Å². The third kappa shape index (κ3) is 3.02. The zero-order valence-electron chi connectivity index (χ0n) is 13.4. The summed E-state index contributed by atoms with van der Waals surface area (Å²) < 4.78 is 1.72. The maximum Gasteiger partial charge on any atom is 0.325 e. The summed E-state index contributed by atoms with van der Waals surface area (Å²) in [6.07, 6.45) is 3.78. The van der Waals surface area contributed by atoms with Gasteiger partial charge in [-0.25, -0.2) is 4.98 Å². The first-order valence-electron chi connectivity index (χ1n) is 8.04. The van der Waals surface area contributed by atoms with Crippen molar-refractivity contribution in [2.24, 2.45) is 0 Å². The van der Waals surface area contributed by atoms with E-state index in [1.54, 1.807) is 16.7 Å². The van der Waals surface area contributed by atoms with E-state index in [0.717, 1.165) is 31.5 Å². The Morgan fingerprint density at radius 2 is 2.08 bits per heavy atom. The van der Waals surface area contributed by atoms with Crippen molar-refractivity contribution < 1.29 is 14.7 Å². The molecule has 1 atom stereocenters. The first kappa shape index (κ1) is 16.2. The number of amides is 1. The fourth-order valence-corrected chi connectivity index (χ4v) is 2.90. The minimum absolute atomic E-state index is 0.0808. The fourth-order valence-electron chi connectivity index (χ4n) is 2.90. The fraction of sp³-hybridized carbons (Fsp3) is 0.412. The Morgan fingerprint density at radius 1 is 1.29 bits per heavy atom. The summed E-state index contributed by atoms with van der Waals surface area (Å²) in [5.74, 6) is -0.851. The summed E-state index contributed by atoms with van der Waals surface area (Å²) >= 11 is 0. The molecule has 0 saturated heterocycles. The van der Waals surface area contributed by atoms with Crippen molar-refractivity contribution in [3.05, 3.63) is 39.9 Å². The Balaban J connectivity index is 2.01. The molecule has 1 unspecified atom stereocenters. The van der Waals surface area contributed by atoms with Crippen LogP contribution < -0.4 is 10.9 Å². The number of carbonyl (C=O) groups excluding carboxylic acids is 1. The lowest BCUT2D eigenvalue weighted by molar-refractivity contribution is -0.138. The van der Waals surface area contributed by atoms with Crippen LogP contribution in [-0.4, -0.2) is 32.6 Å². The van der Waals surface area contributed by atoms with Crippen LogP contribution >= 0.6 is 0 Å². The van der Waals surface area contributed by atoms with E-state index in [2.05, 4.69) is 10.3 Å². The highest BCUT2D eigenvalue weighted by molar-refractivity contribution is 5.99. The maximum atomic E-state index is 12.6. The third-order valence-electron chi connectivity index (χ3n) is 4.30. The number of aromatic nitrogens is 2. The number of hydrogen-bond acceptors (Lipinski definition) is 4. The maximum absolute atomic E-state index is 12.6.